The summed E-state index contributed by atoms with van der Waals surface area (Å²) in [6.07, 6.45) is 0. The van der Waals surface area contributed by atoms with Gasteiger partial charge in [0.2, 0.25) is 5.89 Å². The lowest BCUT2D eigenvalue weighted by atomic mass is 10.3. The first-order valence-corrected chi connectivity index (χ1v) is 6.30. The molecule has 0 aromatic carbocycles. The van der Waals surface area contributed by atoms with Crippen LogP contribution in [0.25, 0.3) is 0 Å². The van der Waals surface area contributed by atoms with Gasteiger partial charge in [-0.2, -0.15) is 4.98 Å². The second kappa shape index (κ2) is 5.39. The molecule has 0 amide bonds. The van der Waals surface area contributed by atoms with E-state index in [1.165, 1.54) is 10.4 Å². The van der Waals surface area contributed by atoms with Crippen molar-refractivity contribution < 1.29 is 4.52 Å². The Kier molecular flexibility index (Phi) is 3.88. The number of hydrogen-bond acceptors (Lipinski definition) is 6. The van der Waals surface area contributed by atoms with Gasteiger partial charge in [-0.05, 0) is 31.0 Å². The average molecular weight is 252 g/mol. The summed E-state index contributed by atoms with van der Waals surface area (Å²) >= 11 is 1.77. The predicted molar refractivity (Wildman–Crippen MR) is 66.4 cm³/mol. The fraction of sp³-hybridized carbons (Fsp3) is 0.455. The molecular formula is C11H16N4OS. The molecule has 92 valence electrons. The molecule has 2 aromatic heterocycles. The number of hydrogen-bond donors (Lipinski definition) is 1. The van der Waals surface area contributed by atoms with Gasteiger partial charge in [0.15, 0.2) is 5.82 Å². The smallest absolute Gasteiger partial charge is 0.240 e. The van der Waals surface area contributed by atoms with Crippen molar-refractivity contribution in [1.29, 1.82) is 0 Å². The minimum absolute atomic E-state index is 0.292. The van der Waals surface area contributed by atoms with Crippen LogP contribution in [-0.2, 0) is 19.6 Å². The van der Waals surface area contributed by atoms with Crippen LogP contribution in [-0.4, -0.2) is 22.1 Å². The molecule has 0 saturated heterocycles. The second-order valence-electron chi connectivity index (χ2n) is 4.01. The summed E-state index contributed by atoms with van der Waals surface area (Å²) in [7, 11) is 2.04. The average Bonchev–Trinajstić information content (AvgIpc) is 2.89. The molecule has 5 nitrogen and oxygen atoms in total. The number of nitrogens with two attached hydrogens (primary N) is 1. The Morgan fingerprint density at radius 3 is 2.88 bits per heavy atom. The van der Waals surface area contributed by atoms with E-state index in [0.29, 0.717) is 24.8 Å². The number of rotatable bonds is 5. The molecule has 0 unspecified atom stereocenters. The van der Waals surface area contributed by atoms with Crippen molar-refractivity contribution in [2.75, 3.05) is 7.05 Å². The Balaban J connectivity index is 1.93. The maximum absolute atomic E-state index is 5.42. The summed E-state index contributed by atoms with van der Waals surface area (Å²) in [5.74, 6) is 1.17. The molecule has 0 aliphatic carbocycles. The molecule has 2 N–H and O–H groups in total. The van der Waals surface area contributed by atoms with Crippen LogP contribution in [0.2, 0.25) is 0 Å². The van der Waals surface area contributed by atoms with Crippen molar-refractivity contribution in [3.8, 4) is 0 Å². The number of aryl methyl sites for hydroxylation is 1. The maximum atomic E-state index is 5.42. The van der Waals surface area contributed by atoms with E-state index in [2.05, 4.69) is 33.4 Å². The Labute approximate surface area is 104 Å². The Morgan fingerprint density at radius 1 is 1.47 bits per heavy atom. The molecule has 0 spiro atoms. The van der Waals surface area contributed by atoms with Gasteiger partial charge in [0.05, 0.1) is 13.1 Å². The van der Waals surface area contributed by atoms with Crippen molar-refractivity contribution in [1.82, 2.24) is 15.0 Å². The van der Waals surface area contributed by atoms with Crippen LogP contribution >= 0.6 is 11.3 Å². The minimum atomic E-state index is 0.292. The summed E-state index contributed by atoms with van der Waals surface area (Å²) in [6, 6.07) is 2.13. The second-order valence-corrected chi connectivity index (χ2v) is 5.01. The highest BCUT2D eigenvalue weighted by Crippen LogP contribution is 2.17. The maximum Gasteiger partial charge on any atom is 0.240 e. The zero-order valence-electron chi connectivity index (χ0n) is 10.0. The van der Waals surface area contributed by atoms with Crippen LogP contribution < -0.4 is 5.73 Å². The van der Waals surface area contributed by atoms with Crippen LogP contribution in [0.3, 0.4) is 0 Å². The highest BCUT2D eigenvalue weighted by atomic mass is 32.1. The zero-order valence-corrected chi connectivity index (χ0v) is 10.8. The van der Waals surface area contributed by atoms with Crippen molar-refractivity contribution >= 4 is 11.3 Å². The number of nitrogens with zero attached hydrogens (tertiary/aromatic N) is 3. The van der Waals surface area contributed by atoms with Crippen molar-refractivity contribution in [3.63, 3.8) is 0 Å². The first kappa shape index (κ1) is 12.2. The van der Waals surface area contributed by atoms with Crippen LogP contribution in [0.5, 0.6) is 0 Å². The Bertz CT molecular complexity index is 479. The Morgan fingerprint density at radius 2 is 2.29 bits per heavy atom. The van der Waals surface area contributed by atoms with E-state index in [4.69, 9.17) is 10.3 Å². The lowest BCUT2D eigenvalue weighted by Gasteiger charge is -2.13. The van der Waals surface area contributed by atoms with Crippen molar-refractivity contribution in [2.24, 2.45) is 5.73 Å². The van der Waals surface area contributed by atoms with Gasteiger partial charge in [-0.25, -0.2) is 0 Å². The molecule has 0 aliphatic rings. The molecule has 0 aliphatic heterocycles. The summed E-state index contributed by atoms with van der Waals surface area (Å²) in [5.41, 5.74) is 6.75. The van der Waals surface area contributed by atoms with Gasteiger partial charge in [-0.15, -0.1) is 11.3 Å². The molecule has 2 rings (SSSR count). The largest absolute Gasteiger partial charge is 0.338 e. The number of aromatic nitrogens is 2. The third kappa shape index (κ3) is 3.12. The molecule has 0 atom stereocenters. The van der Waals surface area contributed by atoms with Crippen LogP contribution in [0.15, 0.2) is 16.0 Å². The summed E-state index contributed by atoms with van der Waals surface area (Å²) in [4.78, 5) is 7.71. The summed E-state index contributed by atoms with van der Waals surface area (Å²) in [5, 5.41) is 5.98. The van der Waals surface area contributed by atoms with Crippen molar-refractivity contribution in [2.45, 2.75) is 26.6 Å². The molecule has 0 saturated carbocycles. The third-order valence-corrected chi connectivity index (χ3v) is 3.49. The van der Waals surface area contributed by atoms with Gasteiger partial charge in [0, 0.05) is 11.4 Å². The third-order valence-electron chi connectivity index (χ3n) is 2.48. The molecule has 17 heavy (non-hydrogen) atoms. The van der Waals surface area contributed by atoms with E-state index in [1.54, 1.807) is 11.3 Å². The highest BCUT2D eigenvalue weighted by Gasteiger charge is 2.09. The van der Waals surface area contributed by atoms with Gasteiger partial charge in [0.1, 0.15) is 0 Å². The van der Waals surface area contributed by atoms with Crippen molar-refractivity contribution in [3.05, 3.63) is 33.6 Å². The van der Waals surface area contributed by atoms with Gasteiger partial charge < -0.3 is 10.3 Å². The standard InChI is InChI=1S/C11H16N4OS/c1-8-3-4-17-9(8)6-15(2)7-10-13-11(5-12)16-14-10/h3-4H,5-7,12H2,1-2H3. The first-order valence-electron chi connectivity index (χ1n) is 5.42. The molecule has 0 fully saturated rings. The lowest BCUT2D eigenvalue weighted by molar-refractivity contribution is 0.301. The van der Waals surface area contributed by atoms with E-state index < -0.39 is 0 Å². The van der Waals surface area contributed by atoms with Gasteiger partial charge in [-0.3, -0.25) is 4.90 Å². The zero-order chi connectivity index (χ0) is 12.3. The predicted octanol–water partition coefficient (Wildman–Crippen LogP) is 1.53. The summed E-state index contributed by atoms with van der Waals surface area (Å²) in [6.45, 7) is 3.98. The topological polar surface area (TPSA) is 68.2 Å². The minimum Gasteiger partial charge on any atom is -0.338 e. The first-order chi connectivity index (χ1) is 8.19. The van der Waals surface area contributed by atoms with Gasteiger partial charge >= 0.3 is 0 Å². The highest BCUT2D eigenvalue weighted by molar-refractivity contribution is 7.10. The van der Waals surface area contributed by atoms with E-state index in [-0.39, 0.29) is 0 Å². The SMILES string of the molecule is Cc1ccsc1CN(C)Cc1noc(CN)n1. The van der Waals surface area contributed by atoms with Gasteiger partial charge in [-0.1, -0.05) is 5.16 Å². The van der Waals surface area contributed by atoms with E-state index >= 15 is 0 Å². The normalized spacial score (nSPS) is 11.3. The number of thiophene rings is 1. The molecule has 2 aromatic rings. The van der Waals surface area contributed by atoms with Crippen LogP contribution in [0, 0.1) is 6.92 Å². The quantitative estimate of drug-likeness (QED) is 0.874. The van der Waals surface area contributed by atoms with Gasteiger partial charge in [0.25, 0.3) is 0 Å². The summed E-state index contributed by atoms with van der Waals surface area (Å²) < 4.78 is 4.96. The van der Waals surface area contributed by atoms with Crippen LogP contribution in [0.1, 0.15) is 22.2 Å². The fourth-order valence-corrected chi connectivity index (χ4v) is 2.53. The molecule has 6 heteroatoms. The van der Waals surface area contributed by atoms with Crippen LogP contribution in [0.4, 0.5) is 0 Å². The fourth-order valence-electron chi connectivity index (χ4n) is 1.55. The van der Waals surface area contributed by atoms with E-state index in [0.717, 1.165) is 6.54 Å². The molecular weight excluding hydrogens is 236 g/mol. The molecule has 2 heterocycles. The monoisotopic (exact) mass is 252 g/mol. The Hall–Kier alpha value is -1.24. The van der Waals surface area contributed by atoms with E-state index in [1.807, 2.05) is 7.05 Å². The van der Waals surface area contributed by atoms with E-state index in [9.17, 15) is 0 Å². The molecule has 0 bridgehead atoms. The molecule has 0 radical (unpaired) electrons. The lowest BCUT2D eigenvalue weighted by Crippen LogP contribution is -2.18.